The maximum atomic E-state index is 12.3. The quantitative estimate of drug-likeness (QED) is 0.773. The molecule has 3 rings (SSSR count). The van der Waals surface area contributed by atoms with Crippen LogP contribution in [0.15, 0.2) is 66.0 Å². The lowest BCUT2D eigenvalue weighted by atomic mass is 10.1. The van der Waals surface area contributed by atoms with Gasteiger partial charge >= 0.3 is 0 Å². The first kappa shape index (κ1) is 13.3. The second kappa shape index (κ2) is 5.37. The molecule has 6 nitrogen and oxygen atoms in total. The molecule has 0 amide bonds. The summed E-state index contributed by atoms with van der Waals surface area (Å²) >= 11 is 0. The Labute approximate surface area is 121 Å². The molecule has 21 heavy (non-hydrogen) atoms. The minimum atomic E-state index is -3.66. The fourth-order valence-corrected chi connectivity index (χ4v) is 2.96. The molecule has 7 heteroatoms. The van der Waals surface area contributed by atoms with Crippen molar-refractivity contribution in [1.82, 2.24) is 15.2 Å². The van der Waals surface area contributed by atoms with E-state index in [1.54, 1.807) is 42.9 Å². The number of nitrogens with zero attached hydrogens (tertiary/aromatic N) is 2. The zero-order valence-electron chi connectivity index (χ0n) is 10.9. The summed E-state index contributed by atoms with van der Waals surface area (Å²) in [7, 11) is -3.66. The van der Waals surface area contributed by atoms with Crippen LogP contribution in [-0.2, 0) is 10.0 Å². The fourth-order valence-electron chi connectivity index (χ4n) is 1.90. The molecule has 0 fully saturated rings. The lowest BCUT2D eigenvalue weighted by molar-refractivity contribution is 0.601. The third kappa shape index (κ3) is 2.77. The molecular weight excluding hydrogens is 288 g/mol. The maximum Gasteiger partial charge on any atom is 0.263 e. The zero-order chi connectivity index (χ0) is 14.7. The molecule has 0 unspecified atom stereocenters. The highest BCUT2D eigenvalue weighted by atomic mass is 32.2. The first-order valence-corrected chi connectivity index (χ1v) is 7.67. The number of anilines is 1. The van der Waals surface area contributed by atoms with Crippen LogP contribution in [0.5, 0.6) is 0 Å². The Balaban J connectivity index is 1.96. The molecule has 0 spiro atoms. The van der Waals surface area contributed by atoms with E-state index < -0.39 is 10.0 Å². The van der Waals surface area contributed by atoms with Gasteiger partial charge in [-0.2, -0.15) is 5.10 Å². The summed E-state index contributed by atoms with van der Waals surface area (Å²) in [5, 5.41) is 6.56. The molecule has 0 aliphatic carbocycles. The van der Waals surface area contributed by atoms with Crippen molar-refractivity contribution in [3.8, 4) is 11.1 Å². The van der Waals surface area contributed by atoms with Gasteiger partial charge in [0.1, 0.15) is 5.82 Å². The highest BCUT2D eigenvalue weighted by Gasteiger charge is 2.17. The summed E-state index contributed by atoms with van der Waals surface area (Å²) in [4.78, 5) is 4.21. The van der Waals surface area contributed by atoms with Crippen LogP contribution >= 0.6 is 0 Å². The number of nitrogens with one attached hydrogen (secondary N) is 2. The van der Waals surface area contributed by atoms with E-state index in [-0.39, 0.29) is 4.90 Å². The molecule has 0 atom stereocenters. The highest BCUT2D eigenvalue weighted by molar-refractivity contribution is 7.92. The summed E-state index contributed by atoms with van der Waals surface area (Å²) in [5.74, 6) is 0.312. The topological polar surface area (TPSA) is 87.7 Å². The van der Waals surface area contributed by atoms with Gasteiger partial charge in [0.2, 0.25) is 0 Å². The van der Waals surface area contributed by atoms with Crippen LogP contribution in [0.2, 0.25) is 0 Å². The van der Waals surface area contributed by atoms with E-state index in [4.69, 9.17) is 0 Å². The molecule has 0 aliphatic heterocycles. The van der Waals surface area contributed by atoms with Crippen molar-refractivity contribution in [3.05, 3.63) is 61.1 Å². The second-order valence-corrected chi connectivity index (χ2v) is 6.00. The number of aromatic amines is 1. The summed E-state index contributed by atoms with van der Waals surface area (Å²) < 4.78 is 27.1. The van der Waals surface area contributed by atoms with Crippen molar-refractivity contribution in [2.24, 2.45) is 0 Å². The molecule has 2 heterocycles. The van der Waals surface area contributed by atoms with Gasteiger partial charge in [0.15, 0.2) is 0 Å². The van der Waals surface area contributed by atoms with Gasteiger partial charge in [-0.25, -0.2) is 8.42 Å². The lowest BCUT2D eigenvalue weighted by Gasteiger charge is -2.08. The first-order chi connectivity index (χ1) is 10.2. The van der Waals surface area contributed by atoms with Crippen molar-refractivity contribution in [2.75, 3.05) is 4.72 Å². The van der Waals surface area contributed by atoms with E-state index in [0.29, 0.717) is 11.4 Å². The average molecular weight is 300 g/mol. The number of rotatable bonds is 4. The Morgan fingerprint density at radius 1 is 1.00 bits per heavy atom. The third-order valence-electron chi connectivity index (χ3n) is 2.90. The highest BCUT2D eigenvalue weighted by Crippen LogP contribution is 2.26. The van der Waals surface area contributed by atoms with Gasteiger partial charge < -0.3 is 0 Å². The maximum absolute atomic E-state index is 12.3. The summed E-state index contributed by atoms with van der Waals surface area (Å²) in [6.45, 7) is 0. The summed E-state index contributed by atoms with van der Waals surface area (Å²) in [6.07, 6.45) is 4.85. The molecule has 0 radical (unpaired) electrons. The van der Waals surface area contributed by atoms with E-state index in [1.807, 2.05) is 6.07 Å². The smallest absolute Gasteiger partial charge is 0.263 e. The number of aromatic nitrogens is 3. The van der Waals surface area contributed by atoms with Gasteiger partial charge in [0, 0.05) is 23.5 Å². The van der Waals surface area contributed by atoms with Crippen molar-refractivity contribution in [3.63, 3.8) is 0 Å². The number of hydrogen-bond donors (Lipinski definition) is 2. The monoisotopic (exact) mass is 300 g/mol. The molecule has 0 bridgehead atoms. The lowest BCUT2D eigenvalue weighted by Crippen LogP contribution is -2.13. The van der Waals surface area contributed by atoms with Crippen LogP contribution in [0.4, 0.5) is 5.82 Å². The minimum Gasteiger partial charge on any atom is -0.264 e. The second-order valence-electron chi connectivity index (χ2n) is 4.32. The molecule has 2 aromatic heterocycles. The summed E-state index contributed by atoms with van der Waals surface area (Å²) in [6, 6.07) is 11.8. The molecule has 0 saturated carbocycles. The van der Waals surface area contributed by atoms with Crippen molar-refractivity contribution in [1.29, 1.82) is 0 Å². The Hall–Kier alpha value is -2.67. The average Bonchev–Trinajstić information content (AvgIpc) is 2.96. The van der Waals surface area contributed by atoms with Gasteiger partial charge in [-0.05, 0) is 18.2 Å². The first-order valence-electron chi connectivity index (χ1n) is 6.18. The van der Waals surface area contributed by atoms with Crippen molar-refractivity contribution >= 4 is 15.8 Å². The molecule has 106 valence electrons. The Morgan fingerprint density at radius 3 is 2.52 bits per heavy atom. The zero-order valence-corrected chi connectivity index (χ0v) is 11.7. The molecule has 3 aromatic rings. The summed E-state index contributed by atoms with van der Waals surface area (Å²) in [5.41, 5.74) is 1.42. The SMILES string of the molecule is O=S(=O)(Nc1[nH]ncc1-c1cccnc1)c1ccccc1. The van der Waals surface area contributed by atoms with E-state index in [1.165, 1.54) is 12.1 Å². The number of hydrogen-bond acceptors (Lipinski definition) is 4. The normalized spacial score (nSPS) is 11.2. The minimum absolute atomic E-state index is 0.191. The molecule has 2 N–H and O–H groups in total. The van der Waals surface area contributed by atoms with Gasteiger partial charge in [-0.1, -0.05) is 24.3 Å². The molecule has 1 aromatic carbocycles. The third-order valence-corrected chi connectivity index (χ3v) is 4.27. The van der Waals surface area contributed by atoms with E-state index in [0.717, 1.165) is 5.56 Å². The van der Waals surface area contributed by atoms with Gasteiger partial charge in [0.05, 0.1) is 11.1 Å². The van der Waals surface area contributed by atoms with Gasteiger partial charge in [-0.15, -0.1) is 0 Å². The van der Waals surface area contributed by atoms with Crippen LogP contribution in [0.3, 0.4) is 0 Å². The van der Waals surface area contributed by atoms with E-state index in [2.05, 4.69) is 19.9 Å². The molecule has 0 aliphatic rings. The van der Waals surface area contributed by atoms with Crippen LogP contribution in [0.1, 0.15) is 0 Å². The van der Waals surface area contributed by atoms with Crippen LogP contribution in [0.25, 0.3) is 11.1 Å². The van der Waals surface area contributed by atoms with Gasteiger partial charge in [0.25, 0.3) is 10.0 Å². The van der Waals surface area contributed by atoms with Crippen LogP contribution in [0, 0.1) is 0 Å². The molecule has 0 saturated heterocycles. The number of sulfonamides is 1. The number of pyridine rings is 1. The fraction of sp³-hybridized carbons (Fsp3) is 0. The Bertz CT molecular complexity index is 830. The van der Waals surface area contributed by atoms with Crippen molar-refractivity contribution in [2.45, 2.75) is 4.90 Å². The molecular formula is C14H12N4O2S. The predicted octanol–water partition coefficient (Wildman–Crippen LogP) is 2.27. The van der Waals surface area contributed by atoms with Crippen LogP contribution in [-0.4, -0.2) is 23.6 Å². The number of H-pyrrole nitrogens is 1. The predicted molar refractivity (Wildman–Crippen MR) is 79.1 cm³/mol. The van der Waals surface area contributed by atoms with Crippen LogP contribution < -0.4 is 4.72 Å². The van der Waals surface area contributed by atoms with Gasteiger partial charge in [-0.3, -0.25) is 14.8 Å². The van der Waals surface area contributed by atoms with E-state index >= 15 is 0 Å². The number of benzene rings is 1. The van der Waals surface area contributed by atoms with Crippen molar-refractivity contribution < 1.29 is 8.42 Å². The largest absolute Gasteiger partial charge is 0.264 e. The standard InChI is InChI=1S/C14H12N4O2S/c19-21(20,12-6-2-1-3-7-12)18-14-13(10-16-17-14)11-5-4-8-15-9-11/h1-10H,(H2,16,17,18). The Morgan fingerprint density at radius 2 is 1.81 bits per heavy atom. The Kier molecular flexibility index (Phi) is 3.41. The van der Waals surface area contributed by atoms with E-state index in [9.17, 15) is 8.42 Å².